The number of nitrogens with one attached hydrogen (secondary N) is 2. The first-order chi connectivity index (χ1) is 11.8. The van der Waals surface area contributed by atoms with E-state index < -0.39 is 0 Å². The van der Waals surface area contributed by atoms with Gasteiger partial charge in [-0.25, -0.2) is 4.98 Å². The van der Waals surface area contributed by atoms with Crippen LogP contribution in [0.2, 0.25) is 0 Å². The van der Waals surface area contributed by atoms with Crippen molar-refractivity contribution in [3.8, 4) is 0 Å². The van der Waals surface area contributed by atoms with Gasteiger partial charge in [-0.1, -0.05) is 38.8 Å². The molecule has 0 saturated heterocycles. The molecule has 5 heteroatoms. The van der Waals surface area contributed by atoms with E-state index in [1.165, 1.54) is 25.7 Å². The highest BCUT2D eigenvalue weighted by Gasteiger charge is 2.10. The van der Waals surface area contributed by atoms with Gasteiger partial charge in [-0.05, 0) is 30.9 Å². The molecular weight excluding hydrogens is 300 g/mol. The lowest BCUT2D eigenvalue weighted by Gasteiger charge is -2.17. The maximum atomic E-state index is 5.12. The second kappa shape index (κ2) is 10.1. The molecule has 0 atom stereocenters. The van der Waals surface area contributed by atoms with E-state index in [2.05, 4.69) is 34.4 Å². The number of benzene rings is 1. The first kappa shape index (κ1) is 18.5. The normalized spacial score (nSPS) is 11.2. The van der Waals surface area contributed by atoms with Gasteiger partial charge in [0, 0.05) is 25.6 Å². The topological polar surface area (TPSA) is 59.1 Å². The molecule has 24 heavy (non-hydrogen) atoms. The molecule has 0 spiro atoms. The van der Waals surface area contributed by atoms with Gasteiger partial charge < -0.3 is 15.4 Å². The molecule has 2 aromatic rings. The molecule has 0 bridgehead atoms. The van der Waals surface area contributed by atoms with E-state index in [1.807, 2.05) is 24.3 Å². The Kier molecular flexibility index (Phi) is 7.75. The van der Waals surface area contributed by atoms with Crippen LogP contribution < -0.4 is 10.6 Å². The highest BCUT2D eigenvalue weighted by molar-refractivity contribution is 5.89. The molecular formula is C19H30N4O. The van der Waals surface area contributed by atoms with E-state index in [-0.39, 0.29) is 0 Å². The van der Waals surface area contributed by atoms with Crippen LogP contribution in [0.4, 0.5) is 11.8 Å². The van der Waals surface area contributed by atoms with Crippen LogP contribution >= 0.6 is 0 Å². The summed E-state index contributed by atoms with van der Waals surface area (Å²) < 4.78 is 5.12. The molecule has 0 saturated carbocycles. The van der Waals surface area contributed by atoms with Gasteiger partial charge in [0.2, 0.25) is 5.95 Å². The van der Waals surface area contributed by atoms with Crippen LogP contribution in [-0.4, -0.2) is 36.8 Å². The van der Waals surface area contributed by atoms with Crippen LogP contribution in [0.3, 0.4) is 0 Å². The fraction of sp³-hybridized carbons (Fsp3) is 0.579. The van der Waals surface area contributed by atoms with Crippen LogP contribution in [-0.2, 0) is 4.74 Å². The van der Waals surface area contributed by atoms with E-state index in [0.717, 1.165) is 29.8 Å². The second-order valence-electron chi connectivity index (χ2n) is 6.16. The number of nitrogens with zero attached hydrogens (tertiary/aromatic N) is 2. The Morgan fingerprint density at radius 3 is 2.50 bits per heavy atom. The summed E-state index contributed by atoms with van der Waals surface area (Å²) in [5.74, 6) is 2.24. The molecule has 0 aliphatic heterocycles. The molecule has 0 aliphatic rings. The van der Waals surface area contributed by atoms with Gasteiger partial charge in [0.15, 0.2) is 0 Å². The van der Waals surface area contributed by atoms with Gasteiger partial charge in [0.25, 0.3) is 0 Å². The molecule has 0 amide bonds. The lowest BCUT2D eigenvalue weighted by atomic mass is 9.98. The smallest absolute Gasteiger partial charge is 0.225 e. The minimum Gasteiger partial charge on any atom is -0.383 e. The summed E-state index contributed by atoms with van der Waals surface area (Å²) in [4.78, 5) is 9.34. The van der Waals surface area contributed by atoms with E-state index in [9.17, 15) is 0 Å². The molecule has 1 aromatic carbocycles. The fourth-order valence-corrected chi connectivity index (χ4v) is 2.96. The first-order valence-corrected chi connectivity index (χ1v) is 9.01. The molecule has 0 aliphatic carbocycles. The molecule has 1 aromatic heterocycles. The Bertz CT molecular complexity index is 611. The molecule has 0 radical (unpaired) electrons. The minimum absolute atomic E-state index is 0.649. The summed E-state index contributed by atoms with van der Waals surface area (Å²) in [7, 11) is 1.70. The Morgan fingerprint density at radius 1 is 1.04 bits per heavy atom. The van der Waals surface area contributed by atoms with Crippen LogP contribution in [0.1, 0.15) is 39.5 Å². The van der Waals surface area contributed by atoms with E-state index in [1.54, 1.807) is 7.11 Å². The third kappa shape index (κ3) is 5.34. The SMILES string of the molecule is CCCC(CCC)CNc1nc(NCCOC)c2ccccc2n1. The molecule has 0 fully saturated rings. The molecule has 2 N–H and O–H groups in total. The monoisotopic (exact) mass is 330 g/mol. The van der Waals surface area contributed by atoms with Crippen molar-refractivity contribution in [2.24, 2.45) is 5.92 Å². The van der Waals surface area contributed by atoms with Crippen LogP contribution in [0.5, 0.6) is 0 Å². The lowest BCUT2D eigenvalue weighted by Crippen LogP contribution is -2.17. The van der Waals surface area contributed by atoms with Crippen LogP contribution in [0.15, 0.2) is 24.3 Å². The zero-order valence-electron chi connectivity index (χ0n) is 15.1. The number of hydrogen-bond donors (Lipinski definition) is 2. The number of fused-ring (bicyclic) bond motifs is 1. The maximum Gasteiger partial charge on any atom is 0.225 e. The highest BCUT2D eigenvalue weighted by Crippen LogP contribution is 2.22. The average molecular weight is 330 g/mol. The lowest BCUT2D eigenvalue weighted by molar-refractivity contribution is 0.210. The summed E-state index contributed by atoms with van der Waals surface area (Å²) in [6.07, 6.45) is 4.92. The Hall–Kier alpha value is -1.88. The third-order valence-electron chi connectivity index (χ3n) is 4.14. The van der Waals surface area contributed by atoms with Gasteiger partial charge in [-0.3, -0.25) is 0 Å². The quantitative estimate of drug-likeness (QED) is 0.601. The van der Waals surface area contributed by atoms with Gasteiger partial charge in [-0.15, -0.1) is 0 Å². The van der Waals surface area contributed by atoms with Gasteiger partial charge in [0.05, 0.1) is 12.1 Å². The summed E-state index contributed by atoms with van der Waals surface area (Å²) >= 11 is 0. The van der Waals surface area contributed by atoms with Crippen molar-refractivity contribution < 1.29 is 4.74 Å². The summed E-state index contributed by atoms with van der Waals surface area (Å²) in [6, 6.07) is 8.10. The molecule has 0 unspecified atom stereocenters. The van der Waals surface area contributed by atoms with Crippen LogP contribution in [0.25, 0.3) is 10.9 Å². The van der Waals surface area contributed by atoms with Crippen molar-refractivity contribution in [2.75, 3.05) is 37.4 Å². The number of ether oxygens (including phenoxy) is 1. The number of rotatable bonds is 11. The maximum absolute atomic E-state index is 5.12. The Balaban J connectivity index is 2.14. The third-order valence-corrected chi connectivity index (χ3v) is 4.14. The van der Waals surface area contributed by atoms with Crippen molar-refractivity contribution in [2.45, 2.75) is 39.5 Å². The number of para-hydroxylation sites is 1. The predicted octanol–water partition coefficient (Wildman–Crippen LogP) is 4.32. The van der Waals surface area contributed by atoms with Crippen molar-refractivity contribution >= 4 is 22.7 Å². The van der Waals surface area contributed by atoms with E-state index >= 15 is 0 Å². The fourth-order valence-electron chi connectivity index (χ4n) is 2.96. The molecule has 1 heterocycles. The van der Waals surface area contributed by atoms with Crippen molar-refractivity contribution in [3.05, 3.63) is 24.3 Å². The Labute approximate surface area is 145 Å². The minimum atomic E-state index is 0.649. The van der Waals surface area contributed by atoms with Crippen molar-refractivity contribution in [1.82, 2.24) is 9.97 Å². The van der Waals surface area contributed by atoms with Gasteiger partial charge in [-0.2, -0.15) is 4.98 Å². The summed E-state index contributed by atoms with van der Waals surface area (Å²) in [6.45, 7) is 6.79. The summed E-state index contributed by atoms with van der Waals surface area (Å²) in [5, 5.41) is 7.83. The number of methoxy groups -OCH3 is 1. The second-order valence-corrected chi connectivity index (χ2v) is 6.16. The number of aromatic nitrogens is 2. The first-order valence-electron chi connectivity index (χ1n) is 9.01. The number of hydrogen-bond acceptors (Lipinski definition) is 5. The average Bonchev–Trinajstić information content (AvgIpc) is 2.60. The standard InChI is InChI=1S/C19H30N4O/c1-4-8-15(9-5-2)14-21-19-22-17-11-7-6-10-16(17)18(23-19)20-12-13-24-3/h6-7,10-11,15H,4-5,8-9,12-14H2,1-3H3,(H2,20,21,22,23). The van der Waals surface area contributed by atoms with Gasteiger partial charge >= 0.3 is 0 Å². The predicted molar refractivity (Wildman–Crippen MR) is 102 cm³/mol. The zero-order valence-corrected chi connectivity index (χ0v) is 15.1. The molecule has 5 nitrogen and oxygen atoms in total. The van der Waals surface area contributed by atoms with E-state index in [0.29, 0.717) is 18.5 Å². The number of anilines is 2. The van der Waals surface area contributed by atoms with Gasteiger partial charge in [0.1, 0.15) is 5.82 Å². The Morgan fingerprint density at radius 2 is 1.79 bits per heavy atom. The largest absolute Gasteiger partial charge is 0.383 e. The zero-order chi connectivity index (χ0) is 17.2. The van der Waals surface area contributed by atoms with Crippen molar-refractivity contribution in [3.63, 3.8) is 0 Å². The van der Waals surface area contributed by atoms with Crippen LogP contribution in [0, 0.1) is 5.92 Å². The van der Waals surface area contributed by atoms with Crippen molar-refractivity contribution in [1.29, 1.82) is 0 Å². The molecule has 132 valence electrons. The molecule has 2 rings (SSSR count). The van der Waals surface area contributed by atoms with E-state index in [4.69, 9.17) is 4.74 Å². The highest BCUT2D eigenvalue weighted by atomic mass is 16.5. The summed E-state index contributed by atoms with van der Waals surface area (Å²) in [5.41, 5.74) is 0.956.